The lowest BCUT2D eigenvalue weighted by Gasteiger charge is -2.14. The van der Waals surface area contributed by atoms with Gasteiger partial charge >= 0.3 is 0 Å². The summed E-state index contributed by atoms with van der Waals surface area (Å²) in [5, 5.41) is 3.45. The highest BCUT2D eigenvalue weighted by Crippen LogP contribution is 2.59. The topological polar surface area (TPSA) is 12.0 Å². The normalized spacial score (nSPS) is 38.2. The van der Waals surface area contributed by atoms with Gasteiger partial charge in [0.15, 0.2) is 0 Å². The van der Waals surface area contributed by atoms with Crippen molar-refractivity contribution in [1.29, 1.82) is 0 Å². The second-order valence-electron chi connectivity index (χ2n) is 4.89. The first kappa shape index (κ1) is 9.26. The van der Waals surface area contributed by atoms with Crippen LogP contribution in [0.2, 0.25) is 0 Å². The molecule has 1 heteroatoms. The summed E-state index contributed by atoms with van der Waals surface area (Å²) in [7, 11) is 2.10. The maximum Gasteiger partial charge on any atom is 0.0283 e. The third-order valence-corrected chi connectivity index (χ3v) is 3.73. The highest BCUT2D eigenvalue weighted by molar-refractivity contribution is 5.14. The van der Waals surface area contributed by atoms with Gasteiger partial charge < -0.3 is 5.32 Å². The summed E-state index contributed by atoms with van der Waals surface area (Å²) in [6, 6.07) is 0.653. The van der Waals surface area contributed by atoms with E-state index in [0.717, 1.165) is 17.8 Å². The molecule has 1 nitrogen and oxygen atoms in total. The number of likely N-dealkylation sites (N-methyl/N-ethyl adjacent to an activating group) is 1. The number of hydrogen-bond donors (Lipinski definition) is 1. The minimum Gasteiger partial charge on any atom is -0.313 e. The third-order valence-electron chi connectivity index (χ3n) is 3.73. The quantitative estimate of drug-likeness (QED) is 0.657. The summed E-state index contributed by atoms with van der Waals surface area (Å²) in [6.07, 6.45) is 6.87. The summed E-state index contributed by atoms with van der Waals surface area (Å²) in [6.45, 7) is 4.39. The summed E-state index contributed by atoms with van der Waals surface area (Å²) < 4.78 is 0. The van der Waals surface area contributed by atoms with E-state index >= 15 is 0 Å². The third kappa shape index (κ3) is 1.67. The first-order valence-corrected chi connectivity index (χ1v) is 5.56. The summed E-state index contributed by atoms with van der Waals surface area (Å²) >= 11 is 0. The van der Waals surface area contributed by atoms with Crippen LogP contribution in [0.15, 0.2) is 11.6 Å². The van der Waals surface area contributed by atoms with Gasteiger partial charge in [-0.25, -0.2) is 0 Å². The molecule has 2 rings (SSSR count). The largest absolute Gasteiger partial charge is 0.313 e. The number of fused-ring (bicyclic) bond motifs is 1. The Balaban J connectivity index is 1.96. The molecule has 0 aromatic heterocycles. The van der Waals surface area contributed by atoms with E-state index in [9.17, 15) is 0 Å². The molecule has 0 saturated heterocycles. The van der Waals surface area contributed by atoms with E-state index in [-0.39, 0.29) is 0 Å². The van der Waals surface area contributed by atoms with Gasteiger partial charge in [-0.05, 0) is 51.5 Å². The fourth-order valence-corrected chi connectivity index (χ4v) is 3.16. The lowest BCUT2D eigenvalue weighted by molar-refractivity contribution is 0.489. The zero-order valence-electron chi connectivity index (χ0n) is 9.01. The number of allylic oxidation sites excluding steroid dienone is 1. The average molecular weight is 179 g/mol. The van der Waals surface area contributed by atoms with Crippen molar-refractivity contribution in [3.63, 3.8) is 0 Å². The van der Waals surface area contributed by atoms with E-state index in [1.165, 1.54) is 24.8 Å². The Bertz CT molecular complexity index is 205. The molecule has 0 spiro atoms. The predicted molar refractivity (Wildman–Crippen MR) is 56.6 cm³/mol. The molecule has 2 saturated carbocycles. The molecular formula is C12H21N. The number of rotatable bonds is 3. The Kier molecular flexibility index (Phi) is 2.46. The molecule has 74 valence electrons. The maximum absolute atomic E-state index is 3.45. The van der Waals surface area contributed by atoms with Crippen molar-refractivity contribution in [3.8, 4) is 0 Å². The SMILES string of the molecule is CNC(C=C(C)C)C1C2CCCC21. The molecule has 3 unspecified atom stereocenters. The monoisotopic (exact) mass is 179 g/mol. The van der Waals surface area contributed by atoms with Gasteiger partial charge in [-0.1, -0.05) is 18.1 Å². The Hall–Kier alpha value is -0.300. The molecule has 0 aliphatic heterocycles. The van der Waals surface area contributed by atoms with Crippen LogP contribution in [-0.4, -0.2) is 13.1 Å². The Morgan fingerprint density at radius 3 is 2.38 bits per heavy atom. The van der Waals surface area contributed by atoms with Crippen molar-refractivity contribution in [1.82, 2.24) is 5.32 Å². The molecule has 0 radical (unpaired) electrons. The van der Waals surface area contributed by atoms with Crippen molar-refractivity contribution >= 4 is 0 Å². The van der Waals surface area contributed by atoms with Crippen LogP contribution in [0.1, 0.15) is 33.1 Å². The van der Waals surface area contributed by atoms with Crippen LogP contribution < -0.4 is 5.32 Å². The minimum absolute atomic E-state index is 0.653. The lowest BCUT2D eigenvalue weighted by Crippen LogP contribution is -2.27. The summed E-state index contributed by atoms with van der Waals surface area (Å²) in [5.41, 5.74) is 1.45. The van der Waals surface area contributed by atoms with Gasteiger partial charge in [-0.3, -0.25) is 0 Å². The lowest BCUT2D eigenvalue weighted by atomic mass is 10.0. The van der Waals surface area contributed by atoms with Gasteiger partial charge in [0.2, 0.25) is 0 Å². The fourth-order valence-electron chi connectivity index (χ4n) is 3.16. The molecule has 0 bridgehead atoms. The van der Waals surface area contributed by atoms with Gasteiger partial charge in [0.05, 0.1) is 0 Å². The van der Waals surface area contributed by atoms with Crippen LogP contribution in [0.5, 0.6) is 0 Å². The van der Waals surface area contributed by atoms with Crippen LogP contribution in [-0.2, 0) is 0 Å². The van der Waals surface area contributed by atoms with Crippen LogP contribution in [0.4, 0.5) is 0 Å². The highest BCUT2D eigenvalue weighted by Gasteiger charge is 2.54. The molecule has 2 fully saturated rings. The molecular weight excluding hydrogens is 158 g/mol. The predicted octanol–water partition coefficient (Wildman–Crippen LogP) is 2.59. The van der Waals surface area contributed by atoms with Gasteiger partial charge in [-0.15, -0.1) is 0 Å². The first-order valence-electron chi connectivity index (χ1n) is 5.56. The van der Waals surface area contributed by atoms with Crippen molar-refractivity contribution < 1.29 is 0 Å². The zero-order valence-corrected chi connectivity index (χ0v) is 9.01. The smallest absolute Gasteiger partial charge is 0.0283 e. The zero-order chi connectivity index (χ0) is 9.42. The molecule has 2 aliphatic rings. The van der Waals surface area contributed by atoms with Gasteiger partial charge in [0.25, 0.3) is 0 Å². The fraction of sp³-hybridized carbons (Fsp3) is 0.833. The van der Waals surface area contributed by atoms with Crippen LogP contribution >= 0.6 is 0 Å². The molecule has 0 amide bonds. The molecule has 0 aromatic rings. The van der Waals surface area contributed by atoms with E-state index < -0.39 is 0 Å². The first-order chi connectivity index (χ1) is 6.24. The highest BCUT2D eigenvalue weighted by atomic mass is 14.9. The van der Waals surface area contributed by atoms with Crippen LogP contribution in [0, 0.1) is 17.8 Å². The minimum atomic E-state index is 0.653. The molecule has 3 atom stereocenters. The Labute approximate surface area is 81.6 Å². The second-order valence-corrected chi connectivity index (χ2v) is 4.89. The summed E-state index contributed by atoms with van der Waals surface area (Å²) in [4.78, 5) is 0. The summed E-state index contributed by atoms with van der Waals surface area (Å²) in [5.74, 6) is 3.09. The molecule has 0 aromatic carbocycles. The van der Waals surface area contributed by atoms with E-state index in [0.29, 0.717) is 6.04 Å². The van der Waals surface area contributed by atoms with Gasteiger partial charge in [-0.2, -0.15) is 0 Å². The maximum atomic E-state index is 3.45. The molecule has 2 aliphatic carbocycles. The molecule has 1 N–H and O–H groups in total. The van der Waals surface area contributed by atoms with E-state index in [2.05, 4.69) is 32.3 Å². The van der Waals surface area contributed by atoms with Crippen LogP contribution in [0.3, 0.4) is 0 Å². The van der Waals surface area contributed by atoms with Crippen molar-refractivity contribution in [2.24, 2.45) is 17.8 Å². The second kappa shape index (κ2) is 3.45. The number of nitrogens with one attached hydrogen (secondary N) is 1. The Morgan fingerprint density at radius 2 is 1.92 bits per heavy atom. The van der Waals surface area contributed by atoms with Crippen LogP contribution in [0.25, 0.3) is 0 Å². The van der Waals surface area contributed by atoms with E-state index in [1.807, 2.05) is 0 Å². The average Bonchev–Trinajstić information content (AvgIpc) is 2.58. The van der Waals surface area contributed by atoms with Gasteiger partial charge in [0.1, 0.15) is 0 Å². The molecule has 13 heavy (non-hydrogen) atoms. The standard InChI is InChI=1S/C12H21N/c1-8(2)7-11(13-3)12-9-5-4-6-10(9)12/h7,9-13H,4-6H2,1-3H3. The van der Waals surface area contributed by atoms with Crippen molar-refractivity contribution in [2.45, 2.75) is 39.2 Å². The van der Waals surface area contributed by atoms with E-state index in [1.54, 1.807) is 0 Å². The van der Waals surface area contributed by atoms with Gasteiger partial charge in [0, 0.05) is 6.04 Å². The number of hydrogen-bond acceptors (Lipinski definition) is 1. The van der Waals surface area contributed by atoms with Crippen molar-refractivity contribution in [2.75, 3.05) is 7.05 Å². The van der Waals surface area contributed by atoms with E-state index in [4.69, 9.17) is 0 Å². The molecule has 0 heterocycles. The van der Waals surface area contributed by atoms with Crippen molar-refractivity contribution in [3.05, 3.63) is 11.6 Å². The Morgan fingerprint density at radius 1 is 1.31 bits per heavy atom.